The average molecular weight is 518 g/mol. The van der Waals surface area contributed by atoms with Gasteiger partial charge < -0.3 is 0 Å². The van der Waals surface area contributed by atoms with Crippen molar-refractivity contribution in [2.75, 3.05) is 0 Å². The van der Waals surface area contributed by atoms with Gasteiger partial charge in [-0.3, -0.25) is 0 Å². The van der Waals surface area contributed by atoms with Crippen LogP contribution in [0.25, 0.3) is 0 Å². The molecule has 218 valence electrons. The zero-order chi connectivity index (χ0) is 26.8. The molecule has 1 heterocycles. The third-order valence-corrected chi connectivity index (χ3v) is 8.64. The van der Waals surface area contributed by atoms with E-state index in [0.717, 1.165) is 0 Å². The van der Waals surface area contributed by atoms with Gasteiger partial charge in [0.25, 0.3) is 5.82 Å². The van der Waals surface area contributed by atoms with Gasteiger partial charge in [-0.05, 0) is 32.6 Å². The molecule has 0 radical (unpaired) electrons. The lowest BCUT2D eigenvalue weighted by atomic mass is 9.93. The van der Waals surface area contributed by atoms with Crippen LogP contribution in [-0.2, 0) is 0 Å². The maximum Gasteiger partial charge on any atom is 0.257 e. The Bertz CT molecular complexity index is 578. The monoisotopic (exact) mass is 518 g/mol. The van der Waals surface area contributed by atoms with Crippen LogP contribution in [0.1, 0.15) is 212 Å². The van der Waals surface area contributed by atoms with Gasteiger partial charge in [0.15, 0.2) is 0 Å². The van der Waals surface area contributed by atoms with Crippen molar-refractivity contribution in [3.8, 4) is 0 Å². The number of imidazole rings is 1. The molecular weight excluding hydrogens is 448 g/mol. The topological polar surface area (TPSA) is 19.7 Å². The highest BCUT2D eigenvalue weighted by molar-refractivity contribution is 4.90. The lowest BCUT2D eigenvalue weighted by molar-refractivity contribution is -0.727. The molecule has 1 aromatic heterocycles. The molecule has 2 atom stereocenters. The third-order valence-electron chi connectivity index (χ3n) is 8.64. The van der Waals surface area contributed by atoms with E-state index in [1.807, 2.05) is 0 Å². The van der Waals surface area contributed by atoms with Crippen LogP contribution in [0, 0.1) is 0 Å². The van der Waals surface area contributed by atoms with Crippen LogP contribution in [0.2, 0.25) is 0 Å². The van der Waals surface area contributed by atoms with Gasteiger partial charge in [-0.25, -0.2) is 9.55 Å². The minimum absolute atomic E-state index is 0.622. The molecule has 0 aliphatic heterocycles. The lowest BCUT2D eigenvalue weighted by Crippen LogP contribution is -2.41. The summed E-state index contributed by atoms with van der Waals surface area (Å²) >= 11 is 0. The molecule has 2 heteroatoms. The first-order chi connectivity index (χ1) is 18.2. The predicted molar refractivity (Wildman–Crippen MR) is 166 cm³/mol. The van der Waals surface area contributed by atoms with Gasteiger partial charge in [-0.2, -0.15) is 0 Å². The Hall–Kier alpha value is -0.790. The molecule has 0 amide bonds. The van der Waals surface area contributed by atoms with Crippen LogP contribution in [-0.4, -0.2) is 4.98 Å². The van der Waals surface area contributed by atoms with Gasteiger partial charge in [-0.15, -0.1) is 0 Å². The molecular formula is C35H69N2+. The van der Waals surface area contributed by atoms with E-state index in [9.17, 15) is 0 Å². The van der Waals surface area contributed by atoms with Crippen molar-refractivity contribution in [3.63, 3.8) is 0 Å². The summed E-state index contributed by atoms with van der Waals surface area (Å²) in [6.07, 6.45) is 41.3. The van der Waals surface area contributed by atoms with Gasteiger partial charge in [0, 0.05) is 0 Å². The first-order valence-electron chi connectivity index (χ1n) is 17.3. The Balaban J connectivity index is 2.33. The van der Waals surface area contributed by atoms with Gasteiger partial charge in [0.05, 0.1) is 12.0 Å². The minimum Gasteiger partial charge on any atom is -0.247 e. The van der Waals surface area contributed by atoms with Crippen molar-refractivity contribution < 1.29 is 4.57 Å². The van der Waals surface area contributed by atoms with Crippen LogP contribution in [0.4, 0.5) is 0 Å². The molecule has 1 aromatic rings. The highest BCUT2D eigenvalue weighted by atomic mass is 15.1. The summed E-state index contributed by atoms with van der Waals surface area (Å²) in [5.41, 5.74) is 0. The highest BCUT2D eigenvalue weighted by Gasteiger charge is 2.25. The van der Waals surface area contributed by atoms with Crippen molar-refractivity contribution in [2.24, 2.45) is 0 Å². The number of nitrogens with one attached hydrogen (secondary N) is 1. The van der Waals surface area contributed by atoms with Gasteiger partial charge in [-0.1, -0.05) is 162 Å². The predicted octanol–water partition coefficient (Wildman–Crippen LogP) is 12.1. The first-order valence-corrected chi connectivity index (χ1v) is 17.3. The molecule has 0 fully saturated rings. The van der Waals surface area contributed by atoms with Crippen molar-refractivity contribution >= 4 is 0 Å². The quantitative estimate of drug-likeness (QED) is 0.0842. The van der Waals surface area contributed by atoms with E-state index in [0.29, 0.717) is 12.0 Å². The summed E-state index contributed by atoms with van der Waals surface area (Å²) in [4.78, 5) is 3.70. The summed E-state index contributed by atoms with van der Waals surface area (Å²) in [6.45, 7) is 9.40. The van der Waals surface area contributed by atoms with E-state index in [1.54, 1.807) is 0 Å². The van der Waals surface area contributed by atoms with Crippen molar-refractivity contribution in [3.05, 3.63) is 18.2 Å². The Labute approximate surface area is 234 Å². The highest BCUT2D eigenvalue weighted by Crippen LogP contribution is 2.27. The average Bonchev–Trinajstić information content (AvgIpc) is 3.40. The molecule has 0 bridgehead atoms. The number of rotatable bonds is 28. The van der Waals surface area contributed by atoms with Crippen LogP contribution < -0.4 is 4.57 Å². The molecule has 0 spiro atoms. The van der Waals surface area contributed by atoms with Gasteiger partial charge in [0.1, 0.15) is 12.4 Å². The van der Waals surface area contributed by atoms with Crippen LogP contribution in [0.3, 0.4) is 0 Å². The van der Waals surface area contributed by atoms with Crippen LogP contribution in [0.5, 0.6) is 0 Å². The van der Waals surface area contributed by atoms with E-state index < -0.39 is 0 Å². The minimum atomic E-state index is 0.622. The largest absolute Gasteiger partial charge is 0.257 e. The van der Waals surface area contributed by atoms with Crippen LogP contribution >= 0.6 is 0 Å². The Morgan fingerprint density at radius 3 is 1.32 bits per heavy atom. The van der Waals surface area contributed by atoms with E-state index in [1.165, 1.54) is 173 Å². The summed E-state index contributed by atoms with van der Waals surface area (Å²) in [5.74, 6) is 2.23. The Kier molecular flexibility index (Phi) is 23.6. The molecule has 2 unspecified atom stereocenters. The Morgan fingerprint density at radius 1 is 0.514 bits per heavy atom. The van der Waals surface area contributed by atoms with Crippen molar-refractivity contribution in [2.45, 2.75) is 207 Å². The molecule has 1 N–H and O–H groups in total. The summed E-state index contributed by atoms with van der Waals surface area (Å²) in [6, 6.07) is 0.622. The molecule has 0 saturated carbocycles. The lowest BCUT2D eigenvalue weighted by Gasteiger charge is -2.17. The maximum absolute atomic E-state index is 3.70. The Morgan fingerprint density at radius 2 is 0.865 bits per heavy atom. The zero-order valence-corrected chi connectivity index (χ0v) is 26.1. The first kappa shape index (κ1) is 34.2. The fourth-order valence-electron chi connectivity index (χ4n) is 6.07. The fraction of sp³-hybridized carbons (Fsp3) is 0.914. The summed E-state index contributed by atoms with van der Waals surface area (Å²) in [7, 11) is 0. The molecule has 1 rings (SSSR count). The fourth-order valence-corrected chi connectivity index (χ4v) is 6.07. The maximum atomic E-state index is 3.70. The number of hydrogen-bond acceptors (Lipinski definition) is 0. The van der Waals surface area contributed by atoms with Gasteiger partial charge in [0.2, 0.25) is 0 Å². The second-order valence-corrected chi connectivity index (χ2v) is 12.2. The second-order valence-electron chi connectivity index (χ2n) is 12.2. The molecule has 0 aliphatic carbocycles. The van der Waals surface area contributed by atoms with Crippen molar-refractivity contribution in [1.82, 2.24) is 4.98 Å². The van der Waals surface area contributed by atoms with Crippen molar-refractivity contribution in [1.29, 1.82) is 0 Å². The van der Waals surface area contributed by atoms with E-state index in [2.05, 4.69) is 49.6 Å². The second kappa shape index (κ2) is 25.5. The summed E-state index contributed by atoms with van der Waals surface area (Å²) in [5, 5.41) is 0. The number of nitrogens with zero attached hydrogens (tertiary/aromatic N) is 1. The molecule has 0 aromatic carbocycles. The van der Waals surface area contributed by atoms with Gasteiger partial charge >= 0.3 is 0 Å². The van der Waals surface area contributed by atoms with E-state index >= 15 is 0 Å². The zero-order valence-electron chi connectivity index (χ0n) is 26.1. The molecule has 37 heavy (non-hydrogen) atoms. The van der Waals surface area contributed by atoms with E-state index in [4.69, 9.17) is 0 Å². The third kappa shape index (κ3) is 18.2. The SMILES string of the molecule is CCCCCCCCCCCCCC(C)[n+]1cc[nH]c1C(CCCCC)CCCCCCCCCCC. The smallest absolute Gasteiger partial charge is 0.247 e. The standard InChI is InChI=1S/C35H68N2/c1-5-8-11-13-15-17-18-20-21-23-26-28-33(4)37-32-31-36-35(37)34(29-25-10-7-3)30-27-24-22-19-16-14-12-9-6-2/h31-34H,5-30H2,1-4H3/p+1. The number of hydrogen-bond donors (Lipinski definition) is 1. The molecule has 0 aliphatic rings. The van der Waals surface area contributed by atoms with Crippen LogP contribution in [0.15, 0.2) is 12.4 Å². The number of H-pyrrole nitrogens is 1. The molecule has 0 saturated heterocycles. The molecule has 2 nitrogen and oxygen atoms in total. The number of aromatic amines is 1. The number of aromatic nitrogens is 2. The van der Waals surface area contributed by atoms with E-state index in [-0.39, 0.29) is 0 Å². The summed E-state index contributed by atoms with van der Waals surface area (Å²) < 4.78 is 2.61. The normalized spacial score (nSPS) is 13.3. The number of unbranched alkanes of at least 4 members (excludes halogenated alkanes) is 20.